The molecule has 0 N–H and O–H groups in total. The van der Waals surface area contributed by atoms with Crippen LogP contribution in [0.3, 0.4) is 0 Å². The first-order valence-corrected chi connectivity index (χ1v) is 9.61. The molecule has 7 heteroatoms. The van der Waals surface area contributed by atoms with E-state index < -0.39 is 9.73 Å². The van der Waals surface area contributed by atoms with E-state index in [1.807, 2.05) is 0 Å². The Labute approximate surface area is 142 Å². The van der Waals surface area contributed by atoms with E-state index in [1.165, 1.54) is 12.3 Å². The van der Waals surface area contributed by atoms with E-state index in [0.717, 1.165) is 0 Å². The monoisotopic (exact) mass is 350 g/mol. The fourth-order valence-corrected chi connectivity index (χ4v) is 3.84. The third-order valence-corrected chi connectivity index (χ3v) is 5.77. The van der Waals surface area contributed by atoms with E-state index >= 15 is 0 Å². The van der Waals surface area contributed by atoms with E-state index in [1.54, 1.807) is 36.3 Å². The highest BCUT2D eigenvalue weighted by Crippen LogP contribution is 2.22. The summed E-state index contributed by atoms with van der Waals surface area (Å²) in [6.45, 7) is 4.44. The Morgan fingerprint density at radius 2 is 1.88 bits per heavy atom. The van der Waals surface area contributed by atoms with Gasteiger partial charge in [0.05, 0.1) is 16.8 Å². The lowest BCUT2D eigenvalue weighted by atomic mass is 9.96. The molecule has 1 aliphatic rings. The van der Waals surface area contributed by atoms with Gasteiger partial charge in [-0.3, -0.25) is 9.59 Å². The Kier molecular flexibility index (Phi) is 5.77. The molecular formula is C17H22N2O4S. The first-order valence-electron chi connectivity index (χ1n) is 7.69. The summed E-state index contributed by atoms with van der Waals surface area (Å²) in [7, 11) is -1.24. The van der Waals surface area contributed by atoms with Crippen molar-refractivity contribution < 1.29 is 18.5 Å². The van der Waals surface area contributed by atoms with Crippen molar-refractivity contribution in [3.05, 3.63) is 36.9 Å². The lowest BCUT2D eigenvalue weighted by Gasteiger charge is -2.29. The molecule has 0 radical (unpaired) electrons. The van der Waals surface area contributed by atoms with E-state index in [2.05, 4.69) is 10.9 Å². The van der Waals surface area contributed by atoms with Gasteiger partial charge < -0.3 is 9.64 Å². The summed E-state index contributed by atoms with van der Waals surface area (Å²) in [6, 6.07) is 6.70. The molecular weight excluding hydrogens is 328 g/mol. The van der Waals surface area contributed by atoms with Crippen molar-refractivity contribution in [1.82, 2.24) is 4.90 Å². The Morgan fingerprint density at radius 1 is 1.29 bits per heavy atom. The van der Waals surface area contributed by atoms with Gasteiger partial charge in [-0.2, -0.15) is 4.36 Å². The summed E-state index contributed by atoms with van der Waals surface area (Å²) in [5.41, 5.74) is 0. The second-order valence-electron chi connectivity index (χ2n) is 5.71. The number of nitrogens with zero attached hydrogens (tertiary/aromatic N) is 2. The quantitative estimate of drug-likeness (QED) is 0.779. The van der Waals surface area contributed by atoms with Crippen molar-refractivity contribution in [2.75, 3.05) is 26.5 Å². The Hall–Kier alpha value is -2.15. The van der Waals surface area contributed by atoms with Crippen LogP contribution in [0.15, 0.2) is 46.2 Å². The van der Waals surface area contributed by atoms with Gasteiger partial charge in [0.2, 0.25) is 5.91 Å². The maximum atomic E-state index is 12.8. The van der Waals surface area contributed by atoms with Gasteiger partial charge in [-0.15, -0.1) is 0 Å². The molecule has 130 valence electrons. The topological polar surface area (TPSA) is 76.0 Å². The molecule has 1 unspecified atom stereocenters. The molecule has 2 amide bonds. The van der Waals surface area contributed by atoms with E-state index in [9.17, 15) is 13.8 Å². The maximum Gasteiger partial charge on any atom is 0.257 e. The Morgan fingerprint density at radius 3 is 2.38 bits per heavy atom. The highest BCUT2D eigenvalue weighted by atomic mass is 32.2. The van der Waals surface area contributed by atoms with Crippen LogP contribution in [-0.2, 0) is 19.3 Å². The van der Waals surface area contributed by atoms with Crippen LogP contribution in [0.1, 0.15) is 12.8 Å². The van der Waals surface area contributed by atoms with Crippen LogP contribution < -0.4 is 4.74 Å². The van der Waals surface area contributed by atoms with Gasteiger partial charge >= 0.3 is 0 Å². The molecule has 0 aliphatic carbocycles. The van der Waals surface area contributed by atoms with Crippen LogP contribution in [0.4, 0.5) is 0 Å². The Balaban J connectivity index is 2.09. The summed E-state index contributed by atoms with van der Waals surface area (Å²) in [6.07, 6.45) is 3.79. The van der Waals surface area contributed by atoms with Gasteiger partial charge in [0.15, 0.2) is 0 Å². The highest BCUT2D eigenvalue weighted by Gasteiger charge is 2.27. The first-order chi connectivity index (χ1) is 11.4. The second-order valence-corrected chi connectivity index (χ2v) is 7.97. The van der Waals surface area contributed by atoms with Gasteiger partial charge in [0.25, 0.3) is 5.91 Å². The average molecular weight is 350 g/mol. The van der Waals surface area contributed by atoms with Crippen LogP contribution >= 0.6 is 0 Å². The molecule has 1 aliphatic heterocycles. The van der Waals surface area contributed by atoms with Crippen molar-refractivity contribution in [2.24, 2.45) is 10.3 Å². The number of hydrogen-bond donors (Lipinski definition) is 0. The molecule has 0 bridgehead atoms. The minimum Gasteiger partial charge on any atom is -0.497 e. The number of rotatable bonds is 4. The second kappa shape index (κ2) is 7.61. The summed E-state index contributed by atoms with van der Waals surface area (Å²) in [5.74, 6) is -0.128. The van der Waals surface area contributed by atoms with E-state index in [-0.39, 0.29) is 17.7 Å². The number of benzene rings is 1. The smallest absolute Gasteiger partial charge is 0.257 e. The van der Waals surface area contributed by atoms with Gasteiger partial charge in [-0.25, -0.2) is 4.21 Å². The van der Waals surface area contributed by atoms with Crippen molar-refractivity contribution >= 4 is 21.5 Å². The number of likely N-dealkylation sites (tertiary alicyclic amines) is 1. The summed E-state index contributed by atoms with van der Waals surface area (Å²) < 4.78 is 21.8. The molecule has 0 saturated carbocycles. The zero-order chi connectivity index (χ0) is 17.7. The van der Waals surface area contributed by atoms with Crippen molar-refractivity contribution in [3.8, 4) is 5.75 Å². The van der Waals surface area contributed by atoms with Crippen LogP contribution in [0, 0.1) is 5.92 Å². The lowest BCUT2D eigenvalue weighted by molar-refractivity contribution is -0.130. The predicted molar refractivity (Wildman–Crippen MR) is 92.3 cm³/mol. The lowest BCUT2D eigenvalue weighted by Crippen LogP contribution is -2.39. The minimum absolute atomic E-state index is 0.129. The molecule has 1 atom stereocenters. The largest absolute Gasteiger partial charge is 0.497 e. The van der Waals surface area contributed by atoms with Crippen LogP contribution in [-0.4, -0.2) is 47.4 Å². The highest BCUT2D eigenvalue weighted by molar-refractivity contribution is 7.93. The van der Waals surface area contributed by atoms with Gasteiger partial charge in [0.1, 0.15) is 5.75 Å². The van der Waals surface area contributed by atoms with Gasteiger partial charge in [0, 0.05) is 30.2 Å². The van der Waals surface area contributed by atoms with Crippen LogP contribution in [0.5, 0.6) is 5.75 Å². The maximum absolute atomic E-state index is 12.8. The zero-order valence-corrected chi connectivity index (χ0v) is 14.8. The summed E-state index contributed by atoms with van der Waals surface area (Å²) >= 11 is 0. The molecule has 1 heterocycles. The number of carbonyl (C=O) groups excluding carboxylic acids is 2. The number of hydrogen-bond acceptors (Lipinski definition) is 4. The van der Waals surface area contributed by atoms with Crippen molar-refractivity contribution in [2.45, 2.75) is 17.7 Å². The van der Waals surface area contributed by atoms with Crippen LogP contribution in [0.25, 0.3) is 0 Å². The molecule has 1 saturated heterocycles. The molecule has 1 aromatic carbocycles. The van der Waals surface area contributed by atoms with Gasteiger partial charge in [-0.1, -0.05) is 6.58 Å². The summed E-state index contributed by atoms with van der Waals surface area (Å²) in [4.78, 5) is 26.1. The molecule has 0 spiro atoms. The normalized spacial score (nSPS) is 17.7. The Bertz CT molecular complexity index is 740. The molecule has 1 aromatic rings. The summed E-state index contributed by atoms with van der Waals surface area (Å²) in [5, 5.41) is 0. The van der Waals surface area contributed by atoms with E-state index in [0.29, 0.717) is 36.6 Å². The molecule has 0 aromatic heterocycles. The third kappa shape index (κ3) is 4.23. The molecule has 1 fully saturated rings. The van der Waals surface area contributed by atoms with E-state index in [4.69, 9.17) is 4.74 Å². The first kappa shape index (κ1) is 18.2. The third-order valence-electron chi connectivity index (χ3n) is 4.09. The van der Waals surface area contributed by atoms with Crippen LogP contribution in [0.2, 0.25) is 0 Å². The molecule has 24 heavy (non-hydrogen) atoms. The fraction of sp³-hybridized carbons (Fsp3) is 0.412. The number of amides is 2. The minimum atomic E-state index is -2.80. The SMILES string of the molecule is C=CC(=O)N1CCC(C(=O)N=S(C)(=O)c2ccc(OC)cc2)CC1. The molecule has 2 rings (SSSR count). The number of ether oxygens (including phenoxy) is 1. The number of piperidine rings is 1. The standard InChI is InChI=1S/C17H22N2O4S/c1-4-16(20)19-11-9-13(10-12-19)17(21)18-24(3,22)15-7-5-14(23-2)6-8-15/h4-8,13H,1,9-12H2,2-3H3. The fourth-order valence-electron chi connectivity index (χ4n) is 2.60. The predicted octanol–water partition coefficient (Wildman–Crippen LogP) is 2.10. The van der Waals surface area contributed by atoms with Gasteiger partial charge in [-0.05, 0) is 43.2 Å². The number of methoxy groups -OCH3 is 1. The molecule has 6 nitrogen and oxygen atoms in total. The van der Waals surface area contributed by atoms with Crippen molar-refractivity contribution in [3.63, 3.8) is 0 Å². The zero-order valence-electron chi connectivity index (χ0n) is 13.9. The average Bonchev–Trinajstić information content (AvgIpc) is 2.60. The number of carbonyl (C=O) groups is 2. The van der Waals surface area contributed by atoms with Crippen molar-refractivity contribution in [1.29, 1.82) is 0 Å².